The van der Waals surface area contributed by atoms with Gasteiger partial charge < -0.3 is 5.32 Å². The molecule has 0 amide bonds. The molecule has 2 rings (SSSR count). The molecule has 18 heavy (non-hydrogen) atoms. The van der Waals surface area contributed by atoms with Crippen LogP contribution >= 0.6 is 0 Å². The average Bonchev–Trinajstić information content (AvgIpc) is 2.92. The summed E-state index contributed by atoms with van der Waals surface area (Å²) in [5.41, 5.74) is 1.21. The van der Waals surface area contributed by atoms with Crippen molar-refractivity contribution < 1.29 is 0 Å². The normalized spacial score (nSPS) is 16.2. The minimum absolute atomic E-state index is 0.284. The Bertz CT molecular complexity index is 452. The first-order chi connectivity index (χ1) is 8.68. The van der Waals surface area contributed by atoms with Crippen LogP contribution in [-0.4, -0.2) is 20.8 Å². The maximum absolute atomic E-state index is 4.28. The van der Waals surface area contributed by atoms with Crippen molar-refractivity contribution in [1.29, 1.82) is 0 Å². The Morgan fingerprint density at radius 1 is 1.17 bits per heavy atom. The van der Waals surface area contributed by atoms with Crippen LogP contribution in [0, 0.1) is 0 Å². The highest BCUT2D eigenvalue weighted by atomic mass is 15.3. The van der Waals surface area contributed by atoms with E-state index in [1.54, 1.807) is 6.20 Å². The molecular formula is C14H20N4. The molecule has 0 aliphatic carbocycles. The Hall–Kier alpha value is -1.68. The monoisotopic (exact) mass is 244 g/mol. The molecule has 0 bridgehead atoms. The maximum atomic E-state index is 4.28. The number of pyridine rings is 1. The van der Waals surface area contributed by atoms with E-state index in [0.29, 0.717) is 12.1 Å². The fourth-order valence-electron chi connectivity index (χ4n) is 2.01. The van der Waals surface area contributed by atoms with Gasteiger partial charge in [0.2, 0.25) is 0 Å². The molecule has 1 N–H and O–H groups in total. The molecule has 2 aromatic rings. The highest BCUT2D eigenvalue weighted by molar-refractivity contribution is 5.13. The molecule has 0 aliphatic rings. The van der Waals surface area contributed by atoms with E-state index < -0.39 is 0 Å². The summed E-state index contributed by atoms with van der Waals surface area (Å²) < 4.78 is 1.98. The van der Waals surface area contributed by atoms with Crippen molar-refractivity contribution >= 4 is 0 Å². The SMILES string of the molecule is C[C@H](N[C@@H](C)[C@H](C)n1cccn1)c1cccnc1. The zero-order valence-electron chi connectivity index (χ0n) is 11.1. The molecule has 2 aromatic heterocycles. The third kappa shape index (κ3) is 2.96. The Labute approximate surface area is 108 Å². The number of hydrogen-bond acceptors (Lipinski definition) is 3. The van der Waals surface area contributed by atoms with Crippen LogP contribution in [0.3, 0.4) is 0 Å². The molecule has 2 heterocycles. The summed E-state index contributed by atoms with van der Waals surface area (Å²) in [5, 5.41) is 7.86. The molecule has 0 fully saturated rings. The standard InChI is InChI=1S/C14H20N4/c1-11(13(3)18-9-5-8-16-18)17-12(2)14-6-4-7-15-10-14/h4-13,17H,1-3H3/t11-,12-,13-/m0/s1. The lowest BCUT2D eigenvalue weighted by atomic mass is 10.1. The van der Waals surface area contributed by atoms with E-state index in [4.69, 9.17) is 0 Å². The number of nitrogens with zero attached hydrogens (tertiary/aromatic N) is 3. The summed E-state index contributed by atoms with van der Waals surface area (Å²) in [5.74, 6) is 0. The van der Waals surface area contributed by atoms with Crippen LogP contribution in [-0.2, 0) is 0 Å². The molecule has 0 saturated carbocycles. The molecule has 0 unspecified atom stereocenters. The molecular weight excluding hydrogens is 224 g/mol. The Morgan fingerprint density at radius 3 is 2.61 bits per heavy atom. The zero-order valence-corrected chi connectivity index (χ0v) is 11.1. The predicted octanol–water partition coefficient (Wildman–Crippen LogP) is 2.58. The van der Waals surface area contributed by atoms with Crippen molar-refractivity contribution in [2.75, 3.05) is 0 Å². The van der Waals surface area contributed by atoms with E-state index in [0.717, 1.165) is 0 Å². The first kappa shape index (κ1) is 12.8. The smallest absolute Gasteiger partial charge is 0.0641 e. The summed E-state index contributed by atoms with van der Waals surface area (Å²) in [6, 6.07) is 6.95. The lowest BCUT2D eigenvalue weighted by Crippen LogP contribution is -2.35. The van der Waals surface area contributed by atoms with Crippen LogP contribution in [0.4, 0.5) is 0 Å². The summed E-state index contributed by atoms with van der Waals surface area (Å²) in [6.45, 7) is 6.50. The van der Waals surface area contributed by atoms with Crippen LogP contribution < -0.4 is 5.32 Å². The summed E-state index contributed by atoms with van der Waals surface area (Å²) in [6.07, 6.45) is 7.51. The third-order valence-corrected chi connectivity index (χ3v) is 3.36. The highest BCUT2D eigenvalue weighted by Crippen LogP contribution is 2.15. The van der Waals surface area contributed by atoms with Crippen molar-refractivity contribution in [3.8, 4) is 0 Å². The van der Waals surface area contributed by atoms with Crippen molar-refractivity contribution in [1.82, 2.24) is 20.1 Å². The lowest BCUT2D eigenvalue weighted by molar-refractivity contribution is 0.342. The van der Waals surface area contributed by atoms with Gasteiger partial charge in [0.15, 0.2) is 0 Å². The fourth-order valence-corrected chi connectivity index (χ4v) is 2.01. The van der Waals surface area contributed by atoms with Gasteiger partial charge >= 0.3 is 0 Å². The van der Waals surface area contributed by atoms with Gasteiger partial charge in [-0.2, -0.15) is 5.10 Å². The largest absolute Gasteiger partial charge is 0.306 e. The second-order valence-corrected chi connectivity index (χ2v) is 4.69. The van der Waals surface area contributed by atoms with E-state index in [1.165, 1.54) is 5.56 Å². The minimum atomic E-state index is 0.284. The number of rotatable bonds is 5. The van der Waals surface area contributed by atoms with Gasteiger partial charge in [-0.3, -0.25) is 9.67 Å². The molecule has 0 radical (unpaired) electrons. The quantitative estimate of drug-likeness (QED) is 0.879. The molecule has 0 aliphatic heterocycles. The van der Waals surface area contributed by atoms with Crippen molar-refractivity contribution in [3.05, 3.63) is 48.5 Å². The van der Waals surface area contributed by atoms with Crippen LogP contribution in [0.15, 0.2) is 43.0 Å². The van der Waals surface area contributed by atoms with Gasteiger partial charge in [-0.1, -0.05) is 6.07 Å². The topological polar surface area (TPSA) is 42.7 Å². The lowest BCUT2D eigenvalue weighted by Gasteiger charge is -2.25. The van der Waals surface area contributed by atoms with Gasteiger partial charge in [-0.15, -0.1) is 0 Å². The highest BCUT2D eigenvalue weighted by Gasteiger charge is 2.16. The summed E-state index contributed by atoms with van der Waals surface area (Å²) in [7, 11) is 0. The zero-order chi connectivity index (χ0) is 13.0. The summed E-state index contributed by atoms with van der Waals surface area (Å²) >= 11 is 0. The van der Waals surface area contributed by atoms with Gasteiger partial charge in [0.25, 0.3) is 0 Å². The van der Waals surface area contributed by atoms with Gasteiger partial charge in [0.1, 0.15) is 0 Å². The van der Waals surface area contributed by atoms with E-state index in [-0.39, 0.29) is 6.04 Å². The predicted molar refractivity (Wildman–Crippen MR) is 72.2 cm³/mol. The molecule has 96 valence electrons. The Kier molecular flexibility index (Phi) is 4.10. The van der Waals surface area contributed by atoms with Crippen molar-refractivity contribution in [3.63, 3.8) is 0 Å². The molecule has 0 spiro atoms. The first-order valence-corrected chi connectivity index (χ1v) is 6.33. The second-order valence-electron chi connectivity index (χ2n) is 4.69. The van der Waals surface area contributed by atoms with Crippen LogP contribution in [0.1, 0.15) is 38.4 Å². The number of aromatic nitrogens is 3. The fraction of sp³-hybridized carbons (Fsp3) is 0.429. The number of hydrogen-bond donors (Lipinski definition) is 1. The van der Waals surface area contributed by atoms with E-state index >= 15 is 0 Å². The minimum Gasteiger partial charge on any atom is -0.306 e. The maximum Gasteiger partial charge on any atom is 0.0641 e. The van der Waals surface area contributed by atoms with E-state index in [9.17, 15) is 0 Å². The first-order valence-electron chi connectivity index (χ1n) is 6.33. The Morgan fingerprint density at radius 2 is 2.00 bits per heavy atom. The van der Waals surface area contributed by atoms with E-state index in [2.05, 4.69) is 42.2 Å². The van der Waals surface area contributed by atoms with E-state index in [1.807, 2.05) is 35.4 Å². The Balaban J connectivity index is 1.97. The number of nitrogens with one attached hydrogen (secondary N) is 1. The van der Waals surface area contributed by atoms with Crippen molar-refractivity contribution in [2.45, 2.75) is 38.9 Å². The van der Waals surface area contributed by atoms with Crippen LogP contribution in [0.25, 0.3) is 0 Å². The average molecular weight is 244 g/mol. The third-order valence-electron chi connectivity index (χ3n) is 3.36. The molecule has 4 heteroatoms. The molecule has 4 nitrogen and oxygen atoms in total. The molecule has 0 aromatic carbocycles. The summed E-state index contributed by atoms with van der Waals surface area (Å²) in [4.78, 5) is 4.15. The van der Waals surface area contributed by atoms with Gasteiger partial charge in [0.05, 0.1) is 6.04 Å². The van der Waals surface area contributed by atoms with Gasteiger partial charge in [-0.25, -0.2) is 0 Å². The van der Waals surface area contributed by atoms with Gasteiger partial charge in [0, 0.05) is 36.9 Å². The van der Waals surface area contributed by atoms with Crippen molar-refractivity contribution in [2.24, 2.45) is 0 Å². The second kappa shape index (κ2) is 5.78. The van der Waals surface area contributed by atoms with Crippen LogP contribution in [0.5, 0.6) is 0 Å². The van der Waals surface area contributed by atoms with Crippen LogP contribution in [0.2, 0.25) is 0 Å². The molecule has 0 saturated heterocycles. The van der Waals surface area contributed by atoms with Gasteiger partial charge in [-0.05, 0) is 38.5 Å². The molecule has 3 atom stereocenters.